The Kier molecular flexibility index (Phi) is 8.71. The summed E-state index contributed by atoms with van der Waals surface area (Å²) in [5, 5.41) is 2.89. The maximum Gasteiger partial charge on any atom is 0.347 e. The number of ether oxygens (including phenoxy) is 2. The lowest BCUT2D eigenvalue weighted by atomic mass is 10.1. The quantitative estimate of drug-likeness (QED) is 0.556. The van der Waals surface area contributed by atoms with Crippen LogP contribution >= 0.6 is 0 Å². The first-order valence-electron chi connectivity index (χ1n) is 10.2. The van der Waals surface area contributed by atoms with Crippen LogP contribution in [-0.4, -0.2) is 24.6 Å². The number of amides is 1. The molecule has 0 radical (unpaired) electrons. The van der Waals surface area contributed by atoms with Crippen molar-refractivity contribution >= 4 is 17.6 Å². The fourth-order valence-electron chi connectivity index (χ4n) is 2.64. The first-order chi connectivity index (χ1) is 13.9. The maximum atomic E-state index is 12.4. The summed E-state index contributed by atoms with van der Waals surface area (Å²) in [6.07, 6.45) is 2.67. The van der Waals surface area contributed by atoms with Gasteiger partial charge < -0.3 is 14.8 Å². The van der Waals surface area contributed by atoms with Crippen molar-refractivity contribution in [2.45, 2.75) is 53.1 Å². The summed E-state index contributed by atoms with van der Waals surface area (Å²) in [5.74, 6) is 0.192. The molecule has 2 rings (SSSR count). The second-order valence-electron chi connectivity index (χ2n) is 7.56. The lowest BCUT2D eigenvalue weighted by Crippen LogP contribution is -2.27. The van der Waals surface area contributed by atoms with Crippen molar-refractivity contribution in [1.29, 1.82) is 0 Å². The first kappa shape index (κ1) is 22.5. The normalized spacial score (nSPS) is 11.8. The third kappa shape index (κ3) is 7.60. The van der Waals surface area contributed by atoms with Crippen LogP contribution in [0.25, 0.3) is 0 Å². The Morgan fingerprint density at radius 1 is 0.966 bits per heavy atom. The Labute approximate surface area is 173 Å². The van der Waals surface area contributed by atoms with Crippen LogP contribution in [0.2, 0.25) is 0 Å². The van der Waals surface area contributed by atoms with Crippen LogP contribution in [0, 0.1) is 5.92 Å². The SMILES string of the molecule is CCCCc1ccc(NC(=O)c2ccc(OC(C)C(=O)OCC(C)C)cc2)cc1. The van der Waals surface area contributed by atoms with Gasteiger partial charge in [-0.15, -0.1) is 0 Å². The van der Waals surface area contributed by atoms with E-state index in [9.17, 15) is 9.59 Å². The first-order valence-corrected chi connectivity index (χ1v) is 10.2. The molecule has 1 atom stereocenters. The summed E-state index contributed by atoms with van der Waals surface area (Å²) in [6.45, 7) is 8.13. The van der Waals surface area contributed by atoms with Crippen molar-refractivity contribution in [3.63, 3.8) is 0 Å². The Hall–Kier alpha value is -2.82. The van der Waals surface area contributed by atoms with E-state index >= 15 is 0 Å². The number of carbonyl (C=O) groups excluding carboxylic acids is 2. The van der Waals surface area contributed by atoms with E-state index in [4.69, 9.17) is 9.47 Å². The highest BCUT2D eigenvalue weighted by Crippen LogP contribution is 2.17. The van der Waals surface area contributed by atoms with Gasteiger partial charge in [-0.3, -0.25) is 4.79 Å². The highest BCUT2D eigenvalue weighted by atomic mass is 16.6. The number of unbranched alkanes of at least 4 members (excludes halogenated alkanes) is 1. The molecule has 0 aromatic heterocycles. The highest BCUT2D eigenvalue weighted by Gasteiger charge is 2.17. The fraction of sp³-hybridized carbons (Fsp3) is 0.417. The number of esters is 1. The van der Waals surface area contributed by atoms with E-state index in [1.807, 2.05) is 38.1 Å². The number of aryl methyl sites for hydroxylation is 1. The molecule has 156 valence electrons. The van der Waals surface area contributed by atoms with E-state index in [0.717, 1.165) is 24.9 Å². The number of anilines is 1. The van der Waals surface area contributed by atoms with Crippen molar-refractivity contribution in [2.75, 3.05) is 11.9 Å². The minimum absolute atomic E-state index is 0.192. The smallest absolute Gasteiger partial charge is 0.347 e. The van der Waals surface area contributed by atoms with Crippen molar-refractivity contribution in [3.8, 4) is 5.75 Å². The van der Waals surface area contributed by atoms with E-state index in [0.29, 0.717) is 17.9 Å². The molecular weight excluding hydrogens is 366 g/mol. The molecule has 5 heteroatoms. The van der Waals surface area contributed by atoms with Gasteiger partial charge in [0.1, 0.15) is 5.75 Å². The van der Waals surface area contributed by atoms with E-state index < -0.39 is 12.1 Å². The molecule has 1 N–H and O–H groups in total. The standard InChI is InChI=1S/C24H31NO4/c1-5-6-7-19-8-12-21(13-9-19)25-23(26)20-10-14-22(15-11-20)29-18(4)24(27)28-16-17(2)3/h8-15,17-18H,5-7,16H2,1-4H3,(H,25,26). The largest absolute Gasteiger partial charge is 0.479 e. The molecule has 1 amide bonds. The third-order valence-corrected chi connectivity index (χ3v) is 4.35. The highest BCUT2D eigenvalue weighted by molar-refractivity contribution is 6.04. The van der Waals surface area contributed by atoms with Crippen LogP contribution in [-0.2, 0) is 16.0 Å². The number of benzene rings is 2. The molecule has 0 heterocycles. The predicted octanol–water partition coefficient (Wildman–Crippen LogP) is 5.25. The minimum Gasteiger partial charge on any atom is -0.479 e. The second kappa shape index (κ2) is 11.2. The second-order valence-corrected chi connectivity index (χ2v) is 7.56. The van der Waals surface area contributed by atoms with Gasteiger partial charge in [0.15, 0.2) is 6.10 Å². The topological polar surface area (TPSA) is 64.6 Å². The number of hydrogen-bond donors (Lipinski definition) is 1. The van der Waals surface area contributed by atoms with E-state index in [1.54, 1.807) is 31.2 Å². The molecule has 29 heavy (non-hydrogen) atoms. The molecular formula is C24H31NO4. The van der Waals surface area contributed by atoms with Crippen LogP contribution in [0.1, 0.15) is 56.5 Å². The molecule has 1 unspecified atom stereocenters. The lowest BCUT2D eigenvalue weighted by Gasteiger charge is -2.15. The van der Waals surface area contributed by atoms with Crippen molar-refractivity contribution < 1.29 is 19.1 Å². The summed E-state index contributed by atoms with van der Waals surface area (Å²) in [6, 6.07) is 14.6. The van der Waals surface area contributed by atoms with E-state index in [-0.39, 0.29) is 11.8 Å². The monoisotopic (exact) mass is 397 g/mol. The zero-order valence-corrected chi connectivity index (χ0v) is 17.7. The van der Waals surface area contributed by atoms with Gasteiger partial charge in [0.2, 0.25) is 0 Å². The van der Waals surface area contributed by atoms with Crippen LogP contribution in [0.3, 0.4) is 0 Å². The van der Waals surface area contributed by atoms with Gasteiger partial charge in [0, 0.05) is 11.3 Å². The van der Waals surface area contributed by atoms with Crippen LogP contribution in [0.15, 0.2) is 48.5 Å². The van der Waals surface area contributed by atoms with Gasteiger partial charge >= 0.3 is 5.97 Å². The summed E-state index contributed by atoms with van der Waals surface area (Å²) in [5.41, 5.74) is 2.55. The Morgan fingerprint density at radius 2 is 1.62 bits per heavy atom. The molecule has 2 aromatic carbocycles. The molecule has 0 saturated heterocycles. The molecule has 0 spiro atoms. The fourth-order valence-corrected chi connectivity index (χ4v) is 2.64. The van der Waals surface area contributed by atoms with E-state index in [1.165, 1.54) is 5.56 Å². The average molecular weight is 398 g/mol. The molecule has 5 nitrogen and oxygen atoms in total. The van der Waals surface area contributed by atoms with Crippen LogP contribution in [0.4, 0.5) is 5.69 Å². The van der Waals surface area contributed by atoms with Gasteiger partial charge in [-0.05, 0) is 67.6 Å². The zero-order chi connectivity index (χ0) is 21.2. The summed E-state index contributed by atoms with van der Waals surface area (Å²) in [7, 11) is 0. The van der Waals surface area contributed by atoms with Crippen LogP contribution in [0.5, 0.6) is 5.75 Å². The maximum absolute atomic E-state index is 12.4. The summed E-state index contributed by atoms with van der Waals surface area (Å²) in [4.78, 5) is 24.3. The zero-order valence-electron chi connectivity index (χ0n) is 17.7. The van der Waals surface area contributed by atoms with Gasteiger partial charge in [-0.25, -0.2) is 4.79 Å². The molecule has 0 saturated carbocycles. The van der Waals surface area contributed by atoms with Gasteiger partial charge in [0.25, 0.3) is 5.91 Å². The molecule has 0 bridgehead atoms. The number of carbonyl (C=O) groups is 2. The van der Waals surface area contributed by atoms with Gasteiger partial charge in [0.05, 0.1) is 6.61 Å². The summed E-state index contributed by atoms with van der Waals surface area (Å²) < 4.78 is 10.8. The Balaban J connectivity index is 1.88. The minimum atomic E-state index is -0.709. The van der Waals surface area contributed by atoms with Gasteiger partial charge in [-0.1, -0.05) is 39.3 Å². The Morgan fingerprint density at radius 3 is 2.21 bits per heavy atom. The number of hydrogen-bond acceptors (Lipinski definition) is 4. The third-order valence-electron chi connectivity index (χ3n) is 4.35. The van der Waals surface area contributed by atoms with Crippen molar-refractivity contribution in [2.24, 2.45) is 5.92 Å². The predicted molar refractivity (Wildman–Crippen MR) is 115 cm³/mol. The molecule has 0 fully saturated rings. The number of nitrogens with one attached hydrogen (secondary N) is 1. The Bertz CT molecular complexity index is 782. The van der Waals surface area contributed by atoms with Crippen molar-refractivity contribution in [3.05, 3.63) is 59.7 Å². The number of rotatable bonds is 10. The molecule has 0 aliphatic carbocycles. The molecule has 0 aliphatic rings. The van der Waals surface area contributed by atoms with Crippen LogP contribution < -0.4 is 10.1 Å². The van der Waals surface area contributed by atoms with Gasteiger partial charge in [-0.2, -0.15) is 0 Å². The lowest BCUT2D eigenvalue weighted by molar-refractivity contribution is -0.152. The molecule has 2 aromatic rings. The molecule has 0 aliphatic heterocycles. The van der Waals surface area contributed by atoms with E-state index in [2.05, 4.69) is 12.2 Å². The summed E-state index contributed by atoms with van der Waals surface area (Å²) >= 11 is 0. The van der Waals surface area contributed by atoms with Crippen molar-refractivity contribution in [1.82, 2.24) is 0 Å². The average Bonchev–Trinajstić information content (AvgIpc) is 2.71.